The lowest BCUT2D eigenvalue weighted by atomic mass is 10.2. The van der Waals surface area contributed by atoms with Crippen LogP contribution in [0.3, 0.4) is 0 Å². The monoisotopic (exact) mass is 264 g/mol. The average Bonchev–Trinajstić information content (AvgIpc) is 2.99. The van der Waals surface area contributed by atoms with E-state index in [1.54, 1.807) is 11.3 Å². The van der Waals surface area contributed by atoms with Crippen LogP contribution in [0.25, 0.3) is 0 Å². The lowest BCUT2D eigenvalue weighted by molar-refractivity contribution is 0.545. The molecule has 0 aliphatic carbocycles. The maximum atomic E-state index is 4.52. The first-order valence-corrected chi connectivity index (χ1v) is 7.30. The largest absolute Gasteiger partial charge is 0.334 e. The molecule has 18 heavy (non-hydrogen) atoms. The van der Waals surface area contributed by atoms with E-state index >= 15 is 0 Å². The molecular weight excluding hydrogens is 244 g/mol. The fourth-order valence-electron chi connectivity index (χ4n) is 2.03. The van der Waals surface area contributed by atoms with Crippen molar-refractivity contribution in [2.45, 2.75) is 39.8 Å². The van der Waals surface area contributed by atoms with Gasteiger partial charge in [-0.3, -0.25) is 0 Å². The van der Waals surface area contributed by atoms with Crippen molar-refractivity contribution in [2.24, 2.45) is 0 Å². The van der Waals surface area contributed by atoms with Crippen LogP contribution in [-0.4, -0.2) is 21.1 Å². The number of aryl methyl sites for hydroxylation is 2. The molecule has 0 aromatic carbocycles. The minimum atomic E-state index is 0.160. The molecule has 1 N–H and O–H groups in total. The van der Waals surface area contributed by atoms with Gasteiger partial charge in [-0.2, -0.15) is 0 Å². The van der Waals surface area contributed by atoms with E-state index in [9.17, 15) is 0 Å². The second-order valence-electron chi connectivity index (χ2n) is 4.26. The Labute approximate surface area is 112 Å². The molecule has 0 saturated heterocycles. The highest BCUT2D eigenvalue weighted by molar-refractivity contribution is 7.09. The van der Waals surface area contributed by atoms with Gasteiger partial charge in [0.1, 0.15) is 11.9 Å². The highest BCUT2D eigenvalue weighted by Gasteiger charge is 2.21. The van der Waals surface area contributed by atoms with Crippen molar-refractivity contribution < 1.29 is 0 Å². The third-order valence-electron chi connectivity index (χ3n) is 2.99. The SMILES string of the molecule is CCCNC(c1scnc1C)c1nccn1CC. The summed E-state index contributed by atoms with van der Waals surface area (Å²) in [7, 11) is 0. The number of nitrogens with one attached hydrogen (secondary N) is 1. The van der Waals surface area contributed by atoms with Gasteiger partial charge >= 0.3 is 0 Å². The zero-order chi connectivity index (χ0) is 13.0. The Morgan fingerprint density at radius 3 is 2.83 bits per heavy atom. The summed E-state index contributed by atoms with van der Waals surface area (Å²) >= 11 is 1.70. The normalized spacial score (nSPS) is 12.8. The Morgan fingerprint density at radius 2 is 2.22 bits per heavy atom. The van der Waals surface area contributed by atoms with Gasteiger partial charge in [0.05, 0.1) is 16.1 Å². The van der Waals surface area contributed by atoms with Crippen LogP contribution in [-0.2, 0) is 6.54 Å². The summed E-state index contributed by atoms with van der Waals surface area (Å²) in [4.78, 5) is 10.1. The van der Waals surface area contributed by atoms with Crippen LogP contribution >= 0.6 is 11.3 Å². The summed E-state index contributed by atoms with van der Waals surface area (Å²) in [6.45, 7) is 8.30. The third kappa shape index (κ3) is 2.62. The molecule has 4 nitrogen and oxygen atoms in total. The van der Waals surface area contributed by atoms with Crippen LogP contribution in [0.5, 0.6) is 0 Å². The summed E-state index contributed by atoms with van der Waals surface area (Å²) in [5.74, 6) is 1.08. The van der Waals surface area contributed by atoms with E-state index in [2.05, 4.69) is 40.6 Å². The van der Waals surface area contributed by atoms with Crippen molar-refractivity contribution in [3.63, 3.8) is 0 Å². The number of imidazole rings is 1. The van der Waals surface area contributed by atoms with Crippen LogP contribution in [0.15, 0.2) is 17.9 Å². The Balaban J connectivity index is 2.34. The zero-order valence-electron chi connectivity index (χ0n) is 11.2. The Hall–Kier alpha value is -1.20. The molecule has 0 amide bonds. The topological polar surface area (TPSA) is 42.7 Å². The predicted molar refractivity (Wildman–Crippen MR) is 74.9 cm³/mol. The summed E-state index contributed by atoms with van der Waals surface area (Å²) in [6.07, 6.45) is 5.02. The van der Waals surface area contributed by atoms with E-state index < -0.39 is 0 Å². The van der Waals surface area contributed by atoms with E-state index in [0.29, 0.717) is 0 Å². The molecule has 2 aromatic heterocycles. The number of aromatic nitrogens is 3. The molecule has 0 aliphatic heterocycles. The molecular formula is C13H20N4S. The standard InChI is InChI=1S/C13H20N4S/c1-4-6-14-11(12-10(3)16-9-18-12)13-15-7-8-17(13)5-2/h7-9,11,14H,4-6H2,1-3H3. The van der Waals surface area contributed by atoms with Crippen LogP contribution in [0.4, 0.5) is 0 Å². The molecule has 98 valence electrons. The van der Waals surface area contributed by atoms with Gasteiger partial charge in [0, 0.05) is 18.9 Å². The highest BCUT2D eigenvalue weighted by atomic mass is 32.1. The van der Waals surface area contributed by atoms with E-state index in [4.69, 9.17) is 0 Å². The summed E-state index contributed by atoms with van der Waals surface area (Å²) in [5, 5.41) is 3.58. The Kier molecular flexibility index (Phi) is 4.49. The first-order valence-electron chi connectivity index (χ1n) is 6.42. The third-order valence-corrected chi connectivity index (χ3v) is 3.99. The van der Waals surface area contributed by atoms with Gasteiger partial charge in [-0.05, 0) is 26.8 Å². The van der Waals surface area contributed by atoms with Crippen molar-refractivity contribution in [1.82, 2.24) is 19.9 Å². The number of hydrogen-bond acceptors (Lipinski definition) is 4. The smallest absolute Gasteiger partial charge is 0.131 e. The fourth-order valence-corrected chi connectivity index (χ4v) is 2.90. The van der Waals surface area contributed by atoms with Crippen molar-refractivity contribution in [3.05, 3.63) is 34.3 Å². The number of thiazole rings is 1. The molecule has 0 saturated carbocycles. The van der Waals surface area contributed by atoms with Gasteiger partial charge in [-0.15, -0.1) is 11.3 Å². The molecule has 2 aromatic rings. The maximum absolute atomic E-state index is 4.52. The molecule has 1 unspecified atom stereocenters. The zero-order valence-corrected chi connectivity index (χ0v) is 12.0. The van der Waals surface area contributed by atoms with Gasteiger partial charge in [0.2, 0.25) is 0 Å². The molecule has 2 rings (SSSR count). The van der Waals surface area contributed by atoms with Gasteiger partial charge in [0.25, 0.3) is 0 Å². The number of rotatable bonds is 6. The molecule has 0 fully saturated rings. The minimum absolute atomic E-state index is 0.160. The quantitative estimate of drug-likeness (QED) is 0.872. The van der Waals surface area contributed by atoms with Crippen LogP contribution < -0.4 is 5.32 Å². The van der Waals surface area contributed by atoms with E-state index in [0.717, 1.165) is 31.0 Å². The lowest BCUT2D eigenvalue weighted by Gasteiger charge is -2.18. The van der Waals surface area contributed by atoms with E-state index in [-0.39, 0.29) is 6.04 Å². The highest BCUT2D eigenvalue weighted by Crippen LogP contribution is 2.27. The second-order valence-corrected chi connectivity index (χ2v) is 5.15. The minimum Gasteiger partial charge on any atom is -0.334 e. The lowest BCUT2D eigenvalue weighted by Crippen LogP contribution is -2.26. The van der Waals surface area contributed by atoms with Crippen molar-refractivity contribution in [2.75, 3.05) is 6.54 Å². The van der Waals surface area contributed by atoms with Gasteiger partial charge in [0.15, 0.2) is 0 Å². The Bertz CT molecular complexity index is 489. The first kappa shape index (κ1) is 13.2. The molecule has 5 heteroatoms. The summed E-state index contributed by atoms with van der Waals surface area (Å²) in [5.41, 5.74) is 3.00. The Morgan fingerprint density at radius 1 is 1.39 bits per heavy atom. The van der Waals surface area contributed by atoms with Gasteiger partial charge in [-0.25, -0.2) is 9.97 Å². The van der Waals surface area contributed by atoms with Crippen molar-refractivity contribution >= 4 is 11.3 Å². The summed E-state index contributed by atoms with van der Waals surface area (Å²) < 4.78 is 2.19. The summed E-state index contributed by atoms with van der Waals surface area (Å²) in [6, 6.07) is 0.160. The van der Waals surface area contributed by atoms with Gasteiger partial charge < -0.3 is 9.88 Å². The maximum Gasteiger partial charge on any atom is 0.131 e. The molecule has 1 atom stereocenters. The van der Waals surface area contributed by atoms with Crippen LogP contribution in [0.1, 0.15) is 42.7 Å². The fraction of sp³-hybridized carbons (Fsp3) is 0.538. The second kappa shape index (κ2) is 6.11. The van der Waals surface area contributed by atoms with Crippen molar-refractivity contribution in [3.8, 4) is 0 Å². The molecule has 0 aliphatic rings. The first-order chi connectivity index (χ1) is 8.77. The molecule has 0 radical (unpaired) electrons. The number of nitrogens with zero attached hydrogens (tertiary/aromatic N) is 3. The molecule has 2 heterocycles. The number of hydrogen-bond donors (Lipinski definition) is 1. The molecule has 0 bridgehead atoms. The average molecular weight is 264 g/mol. The van der Waals surface area contributed by atoms with Gasteiger partial charge in [-0.1, -0.05) is 6.92 Å². The predicted octanol–water partition coefficient (Wildman–Crippen LogP) is 2.76. The van der Waals surface area contributed by atoms with Crippen LogP contribution in [0.2, 0.25) is 0 Å². The van der Waals surface area contributed by atoms with E-state index in [1.807, 2.05) is 17.9 Å². The van der Waals surface area contributed by atoms with Crippen LogP contribution in [0, 0.1) is 6.92 Å². The van der Waals surface area contributed by atoms with E-state index in [1.165, 1.54) is 4.88 Å². The molecule has 0 spiro atoms. The van der Waals surface area contributed by atoms with Crippen molar-refractivity contribution in [1.29, 1.82) is 0 Å².